The fourth-order valence-electron chi connectivity index (χ4n) is 1.35. The van der Waals surface area contributed by atoms with Gasteiger partial charge in [0.05, 0.1) is 14.4 Å². The first-order valence-electron chi connectivity index (χ1n) is 5.04. The molecule has 0 aromatic carbocycles. The third-order valence-corrected chi connectivity index (χ3v) is 5.49. The second-order valence-electron chi connectivity index (χ2n) is 3.91. The molecule has 0 aliphatic rings. The molecule has 6 heteroatoms. The van der Waals surface area contributed by atoms with Crippen molar-refractivity contribution in [1.82, 2.24) is 9.97 Å². The normalized spacial score (nSPS) is 11.1. The Bertz CT molecular complexity index is 584. The summed E-state index contributed by atoms with van der Waals surface area (Å²) in [5.41, 5.74) is 0.698. The second-order valence-corrected chi connectivity index (χ2v) is 7.13. The van der Waals surface area contributed by atoms with Crippen LogP contribution in [0.1, 0.15) is 25.5 Å². The van der Waals surface area contributed by atoms with Crippen molar-refractivity contribution in [3.05, 3.63) is 36.4 Å². The van der Waals surface area contributed by atoms with E-state index in [-0.39, 0.29) is 11.5 Å². The zero-order chi connectivity index (χ0) is 12.6. The maximum Gasteiger partial charge on any atom is 0.251 e. The Kier molecular flexibility index (Phi) is 3.85. The number of hydrogen-bond donors (Lipinski definition) is 1. The Hall–Kier alpha value is -0.460. The average Bonchev–Trinajstić information content (AvgIpc) is 2.58. The van der Waals surface area contributed by atoms with Crippen LogP contribution in [-0.2, 0) is 0 Å². The van der Waals surface area contributed by atoms with Crippen LogP contribution < -0.4 is 5.56 Å². The summed E-state index contributed by atoms with van der Waals surface area (Å²) in [5.74, 6) is 0.862. The molecule has 0 unspecified atom stereocenters. The van der Waals surface area contributed by atoms with Crippen molar-refractivity contribution in [1.29, 1.82) is 0 Å². The molecule has 2 rings (SSSR count). The van der Waals surface area contributed by atoms with E-state index in [1.807, 2.05) is 19.9 Å². The molecule has 0 fully saturated rings. The van der Waals surface area contributed by atoms with Crippen LogP contribution >= 0.6 is 43.2 Å². The lowest BCUT2D eigenvalue weighted by molar-refractivity contribution is 0.812. The van der Waals surface area contributed by atoms with Crippen molar-refractivity contribution in [2.24, 2.45) is 0 Å². The summed E-state index contributed by atoms with van der Waals surface area (Å²) < 4.78 is 1.96. The number of halogens is 2. The highest BCUT2D eigenvalue weighted by Crippen LogP contribution is 2.36. The molecule has 0 atom stereocenters. The number of nitrogens with zero attached hydrogens (tertiary/aromatic N) is 1. The highest BCUT2D eigenvalue weighted by molar-refractivity contribution is 9.13. The minimum Gasteiger partial charge on any atom is -0.306 e. The molecule has 3 nitrogen and oxygen atoms in total. The number of H-pyrrole nitrogens is 1. The summed E-state index contributed by atoms with van der Waals surface area (Å²) in [7, 11) is 0. The highest BCUT2D eigenvalue weighted by Gasteiger charge is 2.11. The van der Waals surface area contributed by atoms with Gasteiger partial charge in [-0.3, -0.25) is 4.79 Å². The third kappa shape index (κ3) is 2.86. The molecule has 0 aliphatic heterocycles. The van der Waals surface area contributed by atoms with Gasteiger partial charge >= 0.3 is 0 Å². The van der Waals surface area contributed by atoms with Crippen LogP contribution in [-0.4, -0.2) is 9.97 Å². The maximum absolute atomic E-state index is 11.6. The molecule has 0 amide bonds. The zero-order valence-electron chi connectivity index (χ0n) is 9.25. The second kappa shape index (κ2) is 5.04. The van der Waals surface area contributed by atoms with E-state index < -0.39 is 0 Å². The lowest BCUT2D eigenvalue weighted by Gasteiger charge is -2.05. The summed E-state index contributed by atoms with van der Waals surface area (Å²) in [5, 5.41) is 0. The molecule has 1 N–H and O–H groups in total. The number of rotatable bonds is 2. The first-order valence-corrected chi connectivity index (χ1v) is 7.44. The van der Waals surface area contributed by atoms with Crippen molar-refractivity contribution >= 4 is 43.2 Å². The van der Waals surface area contributed by atoms with E-state index in [0.717, 1.165) is 18.8 Å². The van der Waals surface area contributed by atoms with Crippen LogP contribution in [0, 0.1) is 0 Å². The van der Waals surface area contributed by atoms with Crippen LogP contribution in [0.2, 0.25) is 0 Å². The van der Waals surface area contributed by atoms with Crippen LogP contribution in [0.4, 0.5) is 0 Å². The van der Waals surface area contributed by atoms with Crippen molar-refractivity contribution in [2.45, 2.75) is 19.8 Å². The number of aromatic amines is 1. The molecule has 2 aromatic heterocycles. The molecule has 17 heavy (non-hydrogen) atoms. The van der Waals surface area contributed by atoms with Gasteiger partial charge in [-0.1, -0.05) is 13.8 Å². The van der Waals surface area contributed by atoms with Crippen LogP contribution in [0.15, 0.2) is 25.2 Å². The minimum absolute atomic E-state index is 0.112. The van der Waals surface area contributed by atoms with E-state index >= 15 is 0 Å². The summed E-state index contributed by atoms with van der Waals surface area (Å²) in [4.78, 5) is 19.7. The van der Waals surface area contributed by atoms with Crippen LogP contribution in [0.3, 0.4) is 0 Å². The van der Waals surface area contributed by atoms with Gasteiger partial charge in [0, 0.05) is 10.5 Å². The van der Waals surface area contributed by atoms with Crippen molar-refractivity contribution in [2.75, 3.05) is 0 Å². The average molecular weight is 378 g/mol. The van der Waals surface area contributed by atoms with E-state index in [9.17, 15) is 4.79 Å². The van der Waals surface area contributed by atoms with E-state index in [0.29, 0.717) is 5.82 Å². The smallest absolute Gasteiger partial charge is 0.251 e. The number of hydrogen-bond acceptors (Lipinski definition) is 3. The quantitative estimate of drug-likeness (QED) is 0.854. The zero-order valence-corrected chi connectivity index (χ0v) is 13.2. The van der Waals surface area contributed by atoms with E-state index in [2.05, 4.69) is 41.8 Å². The fraction of sp³-hybridized carbons (Fsp3) is 0.273. The van der Waals surface area contributed by atoms with Crippen molar-refractivity contribution in [3.63, 3.8) is 0 Å². The molecule has 0 aliphatic carbocycles. The third-order valence-electron chi connectivity index (χ3n) is 2.23. The first kappa shape index (κ1) is 13.0. The van der Waals surface area contributed by atoms with Gasteiger partial charge in [0.25, 0.3) is 5.56 Å². The number of nitrogens with one attached hydrogen (secondary N) is 1. The van der Waals surface area contributed by atoms with Gasteiger partial charge in [0.2, 0.25) is 0 Å². The van der Waals surface area contributed by atoms with E-state index in [1.54, 1.807) is 6.07 Å². The summed E-state index contributed by atoms with van der Waals surface area (Å²) in [6, 6.07) is 3.49. The van der Waals surface area contributed by atoms with Gasteiger partial charge < -0.3 is 4.98 Å². The number of aromatic nitrogens is 2. The van der Waals surface area contributed by atoms with Gasteiger partial charge in [0.15, 0.2) is 5.82 Å². The standard InChI is InChI=1S/C11H10Br2N2OS/c1-5(2)7-4-9(16)15-11(14-7)8-3-6(12)10(13)17-8/h3-5H,1-2H3,(H,14,15,16). The predicted octanol–water partition coefficient (Wildman–Crippen LogP) is 4.15. The topological polar surface area (TPSA) is 45.8 Å². The molecule has 2 heterocycles. The van der Waals surface area contributed by atoms with Gasteiger partial charge in [-0.05, 0) is 43.8 Å². The van der Waals surface area contributed by atoms with Crippen LogP contribution in [0.25, 0.3) is 10.7 Å². The van der Waals surface area contributed by atoms with E-state index in [4.69, 9.17) is 0 Å². The van der Waals surface area contributed by atoms with Gasteiger partial charge in [-0.2, -0.15) is 0 Å². The predicted molar refractivity (Wildman–Crippen MR) is 77.7 cm³/mol. The molecule has 2 aromatic rings. The van der Waals surface area contributed by atoms with Gasteiger partial charge in [0.1, 0.15) is 0 Å². The number of thiophene rings is 1. The monoisotopic (exact) mass is 376 g/mol. The molecule has 0 bridgehead atoms. The largest absolute Gasteiger partial charge is 0.306 e. The molecule has 0 spiro atoms. The molecule has 0 saturated heterocycles. The highest BCUT2D eigenvalue weighted by atomic mass is 79.9. The Labute approximate surface area is 120 Å². The maximum atomic E-state index is 11.6. The molecular weight excluding hydrogens is 368 g/mol. The molecule has 90 valence electrons. The van der Waals surface area contributed by atoms with E-state index in [1.165, 1.54) is 11.3 Å². The Morgan fingerprint density at radius 2 is 2.06 bits per heavy atom. The summed E-state index contributed by atoms with van der Waals surface area (Å²) in [6.45, 7) is 4.04. The Morgan fingerprint density at radius 1 is 1.35 bits per heavy atom. The molecule has 0 radical (unpaired) electrons. The Morgan fingerprint density at radius 3 is 2.59 bits per heavy atom. The summed E-state index contributed by atoms with van der Waals surface area (Å²) in [6.07, 6.45) is 0. The lowest BCUT2D eigenvalue weighted by Crippen LogP contribution is -2.10. The Balaban J connectivity index is 2.55. The van der Waals surface area contributed by atoms with Gasteiger partial charge in [-0.15, -0.1) is 11.3 Å². The van der Waals surface area contributed by atoms with Gasteiger partial charge in [-0.25, -0.2) is 4.98 Å². The lowest BCUT2D eigenvalue weighted by atomic mass is 10.1. The first-order chi connectivity index (χ1) is 7.97. The van der Waals surface area contributed by atoms with Crippen LogP contribution in [0.5, 0.6) is 0 Å². The SMILES string of the molecule is CC(C)c1cc(=O)[nH]c(-c2cc(Br)c(Br)s2)n1. The van der Waals surface area contributed by atoms with Crippen molar-refractivity contribution in [3.8, 4) is 10.7 Å². The molecular formula is C11H10Br2N2OS. The molecule has 0 saturated carbocycles. The summed E-state index contributed by atoms with van der Waals surface area (Å²) >= 11 is 8.39. The van der Waals surface area contributed by atoms with Crippen molar-refractivity contribution < 1.29 is 0 Å². The minimum atomic E-state index is -0.112. The fourth-order valence-corrected chi connectivity index (χ4v) is 3.33.